The van der Waals surface area contributed by atoms with Crippen molar-refractivity contribution in [3.8, 4) is 28.1 Å². The van der Waals surface area contributed by atoms with Crippen molar-refractivity contribution in [1.29, 1.82) is 0 Å². The monoisotopic (exact) mass is 738 g/mol. The fraction of sp³-hybridized carbons (Fsp3) is 0.385. The van der Waals surface area contributed by atoms with Crippen LogP contribution < -0.4 is 15.4 Å². The van der Waals surface area contributed by atoms with Gasteiger partial charge in [-0.2, -0.15) is 0 Å². The second kappa shape index (κ2) is 16.3. The van der Waals surface area contributed by atoms with Crippen LogP contribution in [0.2, 0.25) is 0 Å². The molecular formula is C39H46N8O7. The van der Waals surface area contributed by atoms with Gasteiger partial charge in [0.05, 0.1) is 50.2 Å². The van der Waals surface area contributed by atoms with Crippen LogP contribution in [-0.4, -0.2) is 93.6 Å². The fourth-order valence-corrected chi connectivity index (χ4v) is 6.57. The van der Waals surface area contributed by atoms with Crippen LogP contribution in [0.25, 0.3) is 44.2 Å². The molecule has 3 heterocycles. The maximum absolute atomic E-state index is 13.0. The van der Waals surface area contributed by atoms with Crippen molar-refractivity contribution in [3.05, 3.63) is 65.9 Å². The lowest BCUT2D eigenvalue weighted by Crippen LogP contribution is -2.44. The molecule has 4 amide bonds. The topological polar surface area (TPSA) is 184 Å². The average Bonchev–Trinajstić information content (AvgIpc) is 3.83. The van der Waals surface area contributed by atoms with Gasteiger partial charge in [-0.05, 0) is 65.6 Å². The standard InChI is InChI=1S/C39H46N8O7/c1-7-23(4)47(36(49)17-42-39(51)53-6)20-33-40-15-31(44-33)25-8-10-27-26(12-25)21-54-32-14-28-24(13-29(27)32)9-11-30-37(28)45-34(43-30)19-46(18-22(2)3)35(48)16-41-38(50)52-5/h8-15,22-23H,7,16-21H2,1-6H3,(H,40,44)(H,41,50)(H,42,51)(H,43,45)/t23-/m0/s1. The van der Waals surface area contributed by atoms with Gasteiger partial charge in [-0.25, -0.2) is 19.6 Å². The lowest BCUT2D eigenvalue weighted by atomic mass is 9.92. The summed E-state index contributed by atoms with van der Waals surface area (Å²) in [6, 6.07) is 14.3. The number of amides is 4. The van der Waals surface area contributed by atoms with Gasteiger partial charge in [0.2, 0.25) is 11.8 Å². The number of aromatic amines is 2. The Bertz CT molecular complexity index is 2190. The van der Waals surface area contributed by atoms with Gasteiger partial charge in [-0.15, -0.1) is 0 Å². The Morgan fingerprint density at radius 1 is 0.889 bits per heavy atom. The van der Waals surface area contributed by atoms with Crippen molar-refractivity contribution >= 4 is 45.8 Å². The summed E-state index contributed by atoms with van der Waals surface area (Å²) in [6.07, 6.45) is 1.18. The van der Waals surface area contributed by atoms with E-state index in [9.17, 15) is 19.2 Å². The second-order valence-electron chi connectivity index (χ2n) is 13.8. The van der Waals surface area contributed by atoms with Crippen molar-refractivity contribution in [2.75, 3.05) is 33.9 Å². The Balaban J connectivity index is 1.21. The smallest absolute Gasteiger partial charge is 0.407 e. The lowest BCUT2D eigenvalue weighted by molar-refractivity contribution is -0.133. The van der Waals surface area contributed by atoms with Crippen LogP contribution >= 0.6 is 0 Å². The van der Waals surface area contributed by atoms with Crippen LogP contribution in [0.3, 0.4) is 0 Å². The van der Waals surface area contributed by atoms with E-state index >= 15 is 0 Å². The van der Waals surface area contributed by atoms with E-state index in [1.165, 1.54) is 14.2 Å². The van der Waals surface area contributed by atoms with Crippen LogP contribution in [-0.2, 0) is 38.8 Å². The number of alkyl carbamates (subject to hydrolysis) is 2. The van der Waals surface area contributed by atoms with Gasteiger partial charge in [-0.1, -0.05) is 39.0 Å². The molecule has 6 rings (SSSR count). The lowest BCUT2D eigenvalue weighted by Gasteiger charge is -2.28. The average molecular weight is 739 g/mol. The molecular weight excluding hydrogens is 692 g/mol. The van der Waals surface area contributed by atoms with Gasteiger partial charge >= 0.3 is 12.2 Å². The van der Waals surface area contributed by atoms with Gasteiger partial charge in [0.15, 0.2) is 0 Å². The second-order valence-corrected chi connectivity index (χ2v) is 13.8. The Morgan fingerprint density at radius 3 is 2.33 bits per heavy atom. The number of carbonyl (C=O) groups is 4. The Morgan fingerprint density at radius 2 is 1.63 bits per heavy atom. The Hall–Kier alpha value is -6.12. The van der Waals surface area contributed by atoms with Gasteiger partial charge in [-0.3, -0.25) is 9.59 Å². The molecule has 3 aromatic carbocycles. The van der Waals surface area contributed by atoms with Gasteiger partial charge < -0.3 is 44.6 Å². The molecule has 0 fully saturated rings. The minimum atomic E-state index is -0.660. The summed E-state index contributed by atoms with van der Waals surface area (Å²) >= 11 is 0. The number of benzene rings is 3. The van der Waals surface area contributed by atoms with Crippen LogP contribution in [0.4, 0.5) is 9.59 Å². The van der Waals surface area contributed by atoms with E-state index in [-0.39, 0.29) is 50.0 Å². The molecule has 2 aromatic heterocycles. The third-order valence-electron chi connectivity index (χ3n) is 9.52. The molecule has 0 saturated heterocycles. The fourth-order valence-electron chi connectivity index (χ4n) is 6.57. The van der Waals surface area contributed by atoms with Crippen molar-refractivity contribution in [3.63, 3.8) is 0 Å². The summed E-state index contributed by atoms with van der Waals surface area (Å²) in [6.45, 7) is 9.07. The van der Waals surface area contributed by atoms with E-state index in [1.54, 1.807) is 16.0 Å². The van der Waals surface area contributed by atoms with Crippen molar-refractivity contribution < 1.29 is 33.4 Å². The van der Waals surface area contributed by atoms with Crippen LogP contribution in [0.5, 0.6) is 5.75 Å². The molecule has 15 heteroatoms. The van der Waals surface area contributed by atoms with E-state index in [4.69, 9.17) is 9.72 Å². The highest BCUT2D eigenvalue weighted by molar-refractivity contribution is 6.07. The number of fused-ring (bicyclic) bond motifs is 6. The maximum Gasteiger partial charge on any atom is 0.407 e. The summed E-state index contributed by atoms with van der Waals surface area (Å²) in [4.78, 5) is 68.6. The largest absolute Gasteiger partial charge is 0.488 e. The third kappa shape index (κ3) is 8.24. The van der Waals surface area contributed by atoms with E-state index in [0.717, 1.165) is 61.9 Å². The molecule has 0 bridgehead atoms. The first-order valence-electron chi connectivity index (χ1n) is 17.9. The number of aromatic nitrogens is 4. The number of hydrogen-bond acceptors (Lipinski definition) is 9. The van der Waals surface area contributed by atoms with Gasteiger partial charge in [0.1, 0.15) is 37.1 Å². The van der Waals surface area contributed by atoms with Gasteiger partial charge in [0.25, 0.3) is 0 Å². The van der Waals surface area contributed by atoms with Crippen molar-refractivity contribution in [2.45, 2.75) is 59.9 Å². The molecule has 0 unspecified atom stereocenters. The first-order chi connectivity index (χ1) is 26.0. The highest BCUT2D eigenvalue weighted by Crippen LogP contribution is 2.42. The van der Waals surface area contributed by atoms with Crippen LogP contribution in [0, 0.1) is 5.92 Å². The third-order valence-corrected chi connectivity index (χ3v) is 9.52. The minimum Gasteiger partial charge on any atom is -0.488 e. The number of nitrogens with one attached hydrogen (secondary N) is 4. The zero-order valence-corrected chi connectivity index (χ0v) is 31.4. The summed E-state index contributed by atoms with van der Waals surface area (Å²) in [7, 11) is 2.51. The number of methoxy groups -OCH3 is 2. The van der Waals surface area contributed by atoms with E-state index in [0.29, 0.717) is 24.8 Å². The number of carbonyl (C=O) groups excluding carboxylic acids is 4. The normalized spacial score (nSPS) is 12.4. The molecule has 1 atom stereocenters. The predicted octanol–water partition coefficient (Wildman–Crippen LogP) is 5.49. The SMILES string of the molecule is CC[C@H](C)N(Cc1ncc(-c2ccc3c(c2)COc2cc4c(ccc5[nH]c(CN(CC(C)C)C(=O)CNC(=O)OC)nc54)cc2-3)[nH]1)C(=O)CNC(=O)OC. The highest BCUT2D eigenvalue weighted by Gasteiger charge is 2.24. The number of nitrogens with zero attached hydrogens (tertiary/aromatic N) is 4. The number of imidazole rings is 2. The van der Waals surface area contributed by atoms with Crippen molar-refractivity contribution in [1.82, 2.24) is 40.4 Å². The van der Waals surface area contributed by atoms with Crippen LogP contribution in [0.15, 0.2) is 48.7 Å². The molecule has 15 nitrogen and oxygen atoms in total. The molecule has 0 spiro atoms. The Labute approximate surface area is 312 Å². The van der Waals surface area contributed by atoms with E-state index in [2.05, 4.69) is 53.3 Å². The quantitative estimate of drug-likeness (QED) is 0.121. The number of H-pyrrole nitrogens is 2. The molecule has 0 radical (unpaired) electrons. The molecule has 5 aromatic rings. The molecule has 54 heavy (non-hydrogen) atoms. The van der Waals surface area contributed by atoms with Crippen molar-refractivity contribution in [2.24, 2.45) is 5.92 Å². The highest BCUT2D eigenvalue weighted by atomic mass is 16.5. The first-order valence-corrected chi connectivity index (χ1v) is 17.9. The van der Waals surface area contributed by atoms with Crippen LogP contribution in [0.1, 0.15) is 51.3 Å². The van der Waals surface area contributed by atoms with Gasteiger partial charge in [0, 0.05) is 23.5 Å². The zero-order chi connectivity index (χ0) is 38.5. The summed E-state index contributed by atoms with van der Waals surface area (Å²) in [5.41, 5.74) is 6.45. The summed E-state index contributed by atoms with van der Waals surface area (Å²) in [5.74, 6) is 1.77. The molecule has 0 aliphatic carbocycles. The summed E-state index contributed by atoms with van der Waals surface area (Å²) < 4.78 is 15.5. The molecule has 1 aliphatic rings. The molecule has 0 saturated carbocycles. The van der Waals surface area contributed by atoms with E-state index in [1.807, 2.05) is 52.0 Å². The minimum absolute atomic E-state index is 0.0624. The molecule has 1 aliphatic heterocycles. The Kier molecular flexibility index (Phi) is 11.3. The first kappa shape index (κ1) is 37.6. The molecule has 284 valence electrons. The number of rotatable bonds is 13. The number of ether oxygens (including phenoxy) is 3. The molecule has 4 N–H and O–H groups in total. The maximum atomic E-state index is 13.0. The predicted molar refractivity (Wildman–Crippen MR) is 202 cm³/mol. The number of hydrogen-bond donors (Lipinski definition) is 4. The zero-order valence-electron chi connectivity index (χ0n) is 31.4. The summed E-state index contributed by atoms with van der Waals surface area (Å²) in [5, 5.41) is 6.86. The van der Waals surface area contributed by atoms with E-state index < -0.39 is 12.2 Å².